The van der Waals surface area contributed by atoms with E-state index in [2.05, 4.69) is 0 Å². The molecule has 0 saturated carbocycles. The Hall–Kier alpha value is -2.30. The van der Waals surface area contributed by atoms with Gasteiger partial charge in [-0.1, -0.05) is 71.7 Å². The van der Waals surface area contributed by atoms with E-state index in [-0.39, 0.29) is 22.3 Å². The van der Waals surface area contributed by atoms with Gasteiger partial charge in [-0.2, -0.15) is 0 Å². The Morgan fingerprint density at radius 2 is 0.708 bits per heavy atom. The number of carbonyl (C=O) groups excluding carboxylic acids is 4. The predicted molar refractivity (Wildman–Crippen MR) is 87.4 cm³/mol. The van der Waals surface area contributed by atoms with Crippen molar-refractivity contribution in [1.29, 1.82) is 0 Å². The average Bonchev–Trinajstić information content (AvgIpc) is 2.94. The minimum absolute atomic E-state index is 0.0640. The molecule has 0 atom stereocenters. The van der Waals surface area contributed by atoms with Crippen LogP contribution in [0, 0.1) is 0 Å². The summed E-state index contributed by atoms with van der Waals surface area (Å²) < 4.78 is 0. The number of ketones is 4. The Kier molecular flexibility index (Phi) is 2.93. The van der Waals surface area contributed by atoms with Crippen molar-refractivity contribution in [3.63, 3.8) is 0 Å². The lowest BCUT2D eigenvalue weighted by Crippen LogP contribution is -2.60. The zero-order valence-corrected chi connectivity index (χ0v) is 13.5. The number of alkyl halides is 2. The topological polar surface area (TPSA) is 68.3 Å². The van der Waals surface area contributed by atoms with Gasteiger partial charge in [-0.3, -0.25) is 19.2 Å². The first-order valence-electron chi connectivity index (χ1n) is 7.10. The summed E-state index contributed by atoms with van der Waals surface area (Å²) in [7, 11) is 0. The van der Waals surface area contributed by atoms with Gasteiger partial charge in [0, 0.05) is 22.3 Å². The van der Waals surface area contributed by atoms with Crippen molar-refractivity contribution in [1.82, 2.24) is 0 Å². The van der Waals surface area contributed by atoms with E-state index in [0.29, 0.717) is 0 Å². The highest BCUT2D eigenvalue weighted by Gasteiger charge is 2.73. The third kappa shape index (κ3) is 1.46. The molecule has 0 unspecified atom stereocenters. The van der Waals surface area contributed by atoms with Gasteiger partial charge in [0.05, 0.1) is 0 Å². The molecular weight excluding hydrogens is 351 g/mol. The van der Waals surface area contributed by atoms with Crippen molar-refractivity contribution >= 4 is 46.3 Å². The first-order chi connectivity index (χ1) is 11.3. The summed E-state index contributed by atoms with van der Waals surface area (Å²) in [6.45, 7) is 0. The van der Waals surface area contributed by atoms with E-state index in [1.54, 1.807) is 24.3 Å². The second kappa shape index (κ2) is 4.62. The van der Waals surface area contributed by atoms with Crippen LogP contribution in [0.15, 0.2) is 48.5 Å². The molecule has 0 N–H and O–H groups in total. The lowest BCUT2D eigenvalue weighted by Gasteiger charge is -2.30. The van der Waals surface area contributed by atoms with Gasteiger partial charge in [0.15, 0.2) is 23.1 Å². The molecule has 0 spiro atoms. The molecule has 2 aromatic rings. The standard InChI is InChI=1S/C18H8Cl2O4/c19-17(13(21)9-5-1-2-6-10(9)14(17)22)18(20)15(23)11-7-3-4-8-12(11)16(18)24/h1-8H. The molecule has 24 heavy (non-hydrogen) atoms. The first-order valence-corrected chi connectivity index (χ1v) is 7.86. The zero-order valence-electron chi connectivity index (χ0n) is 12.0. The normalized spacial score (nSPS) is 20.2. The molecule has 0 radical (unpaired) electrons. The molecule has 0 aliphatic heterocycles. The van der Waals surface area contributed by atoms with Crippen LogP contribution in [0.2, 0.25) is 0 Å². The molecular formula is C18H8Cl2O4. The SMILES string of the molecule is O=C1c2ccccc2C(=O)C1(Cl)C1(Cl)C(=O)c2ccccc2C1=O. The van der Waals surface area contributed by atoms with E-state index in [4.69, 9.17) is 23.2 Å². The van der Waals surface area contributed by atoms with Crippen LogP contribution >= 0.6 is 23.2 Å². The zero-order chi connectivity index (χ0) is 17.3. The van der Waals surface area contributed by atoms with Gasteiger partial charge in [0.25, 0.3) is 0 Å². The molecule has 2 aliphatic rings. The van der Waals surface area contributed by atoms with Crippen molar-refractivity contribution in [2.24, 2.45) is 0 Å². The Bertz CT molecular complexity index is 827. The maximum Gasteiger partial charge on any atom is 0.204 e. The summed E-state index contributed by atoms with van der Waals surface area (Å²) in [6, 6.07) is 12.0. The van der Waals surface area contributed by atoms with E-state index in [9.17, 15) is 19.2 Å². The van der Waals surface area contributed by atoms with Gasteiger partial charge in [0.2, 0.25) is 9.75 Å². The van der Waals surface area contributed by atoms with Crippen LogP contribution in [0.5, 0.6) is 0 Å². The van der Waals surface area contributed by atoms with Crippen molar-refractivity contribution in [2.45, 2.75) is 9.75 Å². The van der Waals surface area contributed by atoms with Gasteiger partial charge in [0.1, 0.15) is 0 Å². The molecule has 4 rings (SSSR count). The molecule has 0 heterocycles. The molecule has 4 nitrogen and oxygen atoms in total. The fraction of sp³-hybridized carbons (Fsp3) is 0.111. The molecule has 0 fully saturated rings. The van der Waals surface area contributed by atoms with Crippen LogP contribution in [-0.2, 0) is 0 Å². The number of hydrogen-bond acceptors (Lipinski definition) is 4. The van der Waals surface area contributed by atoms with Gasteiger partial charge in [-0.15, -0.1) is 0 Å². The highest BCUT2D eigenvalue weighted by Crippen LogP contribution is 2.51. The Morgan fingerprint density at radius 3 is 0.917 bits per heavy atom. The second-order valence-corrected chi connectivity index (χ2v) is 6.86. The van der Waals surface area contributed by atoms with Gasteiger partial charge in [-0.05, 0) is 0 Å². The Morgan fingerprint density at radius 1 is 0.500 bits per heavy atom. The number of rotatable bonds is 1. The van der Waals surface area contributed by atoms with E-state index in [1.165, 1.54) is 24.3 Å². The molecule has 0 amide bonds. The summed E-state index contributed by atoms with van der Waals surface area (Å²) >= 11 is 12.8. The minimum Gasteiger partial charge on any atom is -0.292 e. The molecule has 118 valence electrons. The number of benzene rings is 2. The Balaban J connectivity index is 1.97. The average molecular weight is 359 g/mol. The highest BCUT2D eigenvalue weighted by atomic mass is 35.5. The summed E-state index contributed by atoms with van der Waals surface area (Å²) in [5.74, 6) is -3.30. The summed E-state index contributed by atoms with van der Waals surface area (Å²) in [4.78, 5) is 46.3. The lowest BCUT2D eigenvalue weighted by molar-refractivity contribution is 0.0714. The third-order valence-electron chi connectivity index (χ3n) is 4.56. The largest absolute Gasteiger partial charge is 0.292 e. The van der Waals surface area contributed by atoms with Crippen molar-refractivity contribution in [3.8, 4) is 0 Å². The van der Waals surface area contributed by atoms with E-state index < -0.39 is 32.9 Å². The molecule has 6 heteroatoms. The predicted octanol–water partition coefficient (Wildman–Crippen LogP) is 3.10. The maximum atomic E-state index is 12.8. The van der Waals surface area contributed by atoms with Gasteiger partial charge >= 0.3 is 0 Å². The molecule has 0 bridgehead atoms. The number of carbonyl (C=O) groups is 4. The van der Waals surface area contributed by atoms with Crippen LogP contribution in [0.3, 0.4) is 0 Å². The van der Waals surface area contributed by atoms with Crippen LogP contribution in [0.25, 0.3) is 0 Å². The van der Waals surface area contributed by atoms with Gasteiger partial charge < -0.3 is 0 Å². The van der Waals surface area contributed by atoms with E-state index in [0.717, 1.165) is 0 Å². The first kappa shape index (κ1) is 15.2. The lowest BCUT2D eigenvalue weighted by atomic mass is 9.82. The molecule has 0 saturated heterocycles. The second-order valence-electron chi connectivity index (χ2n) is 5.72. The third-order valence-corrected chi connectivity index (χ3v) is 5.91. The van der Waals surface area contributed by atoms with Gasteiger partial charge in [-0.25, -0.2) is 0 Å². The van der Waals surface area contributed by atoms with E-state index in [1.807, 2.05) is 0 Å². The number of hydrogen-bond donors (Lipinski definition) is 0. The summed E-state index contributed by atoms with van der Waals surface area (Å²) in [5, 5.41) is 0. The summed E-state index contributed by atoms with van der Waals surface area (Å²) in [6.07, 6.45) is 0. The van der Waals surface area contributed by atoms with Crippen LogP contribution in [0.4, 0.5) is 0 Å². The van der Waals surface area contributed by atoms with Crippen molar-refractivity contribution in [3.05, 3.63) is 70.8 Å². The molecule has 0 aromatic heterocycles. The molecule has 2 aromatic carbocycles. The maximum absolute atomic E-state index is 12.8. The van der Waals surface area contributed by atoms with Crippen molar-refractivity contribution in [2.75, 3.05) is 0 Å². The molecule has 2 aliphatic carbocycles. The number of halogens is 2. The van der Waals surface area contributed by atoms with Crippen molar-refractivity contribution < 1.29 is 19.2 Å². The van der Waals surface area contributed by atoms with E-state index >= 15 is 0 Å². The fourth-order valence-electron chi connectivity index (χ4n) is 3.33. The fourth-order valence-corrected chi connectivity index (χ4v) is 4.08. The van der Waals surface area contributed by atoms with Crippen LogP contribution in [-0.4, -0.2) is 32.9 Å². The summed E-state index contributed by atoms with van der Waals surface area (Å²) in [5.41, 5.74) is 0.256. The van der Waals surface area contributed by atoms with Crippen LogP contribution < -0.4 is 0 Å². The van der Waals surface area contributed by atoms with Crippen LogP contribution in [0.1, 0.15) is 41.4 Å². The quantitative estimate of drug-likeness (QED) is 0.580. The minimum atomic E-state index is -2.48. The Labute approximate surface area is 146 Å². The number of Topliss-reactive ketones (excluding diaryl/α,β-unsaturated/α-hetero) is 4. The smallest absolute Gasteiger partial charge is 0.204 e. The highest BCUT2D eigenvalue weighted by molar-refractivity contribution is 6.70. The number of fused-ring (bicyclic) bond motifs is 2. The monoisotopic (exact) mass is 358 g/mol.